The Labute approximate surface area is 129 Å². The predicted octanol–water partition coefficient (Wildman–Crippen LogP) is 3.53. The molecule has 1 saturated carbocycles. The van der Waals surface area contributed by atoms with Crippen LogP contribution in [-0.4, -0.2) is 30.3 Å². The van der Waals surface area contributed by atoms with Crippen LogP contribution >= 0.6 is 22.9 Å². The minimum Gasteiger partial charge on any atom is -0.232 e. The van der Waals surface area contributed by atoms with Gasteiger partial charge in [-0.15, -0.1) is 0 Å². The standard InChI is InChI=1S/C13H19ClN2O2S2/c14-13-15-9-12(19-13)20(17,18)16-8-4-7-11(16)10-5-2-1-3-6-10/h9-11H,1-8H2. The summed E-state index contributed by atoms with van der Waals surface area (Å²) in [6, 6.07) is 0.182. The maximum atomic E-state index is 12.7. The molecule has 2 heterocycles. The molecule has 1 aliphatic carbocycles. The van der Waals surface area contributed by atoms with Crippen molar-refractivity contribution in [2.75, 3.05) is 6.54 Å². The molecule has 4 nitrogen and oxygen atoms in total. The maximum Gasteiger partial charge on any atom is 0.254 e. The van der Waals surface area contributed by atoms with Crippen molar-refractivity contribution < 1.29 is 8.42 Å². The maximum absolute atomic E-state index is 12.7. The zero-order chi connectivity index (χ0) is 14.2. The highest BCUT2D eigenvalue weighted by molar-refractivity contribution is 7.91. The lowest BCUT2D eigenvalue weighted by atomic mass is 9.83. The first-order valence-corrected chi connectivity index (χ1v) is 9.85. The van der Waals surface area contributed by atoms with Gasteiger partial charge in [0, 0.05) is 12.6 Å². The second kappa shape index (κ2) is 5.91. The van der Waals surface area contributed by atoms with Gasteiger partial charge in [0.05, 0.1) is 6.20 Å². The topological polar surface area (TPSA) is 50.3 Å². The fourth-order valence-electron chi connectivity index (χ4n) is 3.53. The number of thiazole rings is 1. The Kier molecular flexibility index (Phi) is 4.36. The van der Waals surface area contributed by atoms with Crippen molar-refractivity contribution in [1.29, 1.82) is 0 Å². The van der Waals surface area contributed by atoms with Crippen molar-refractivity contribution in [2.45, 2.75) is 55.2 Å². The average molecular weight is 335 g/mol. The first kappa shape index (κ1) is 14.8. The lowest BCUT2D eigenvalue weighted by Crippen LogP contribution is -2.40. The molecular weight excluding hydrogens is 316 g/mol. The van der Waals surface area contributed by atoms with E-state index in [-0.39, 0.29) is 14.7 Å². The van der Waals surface area contributed by atoms with Crippen molar-refractivity contribution in [2.24, 2.45) is 5.92 Å². The summed E-state index contributed by atoms with van der Waals surface area (Å²) in [7, 11) is -3.41. The molecule has 3 rings (SSSR count). The third kappa shape index (κ3) is 2.75. The Morgan fingerprint density at radius 3 is 2.60 bits per heavy atom. The molecule has 0 bridgehead atoms. The zero-order valence-electron chi connectivity index (χ0n) is 11.3. The Hall–Kier alpha value is -0.170. The molecule has 1 aromatic rings. The highest BCUT2D eigenvalue weighted by atomic mass is 35.5. The van der Waals surface area contributed by atoms with Crippen LogP contribution in [-0.2, 0) is 10.0 Å². The number of sulfonamides is 1. The van der Waals surface area contributed by atoms with Crippen LogP contribution in [0, 0.1) is 5.92 Å². The van der Waals surface area contributed by atoms with Crippen LogP contribution in [0.2, 0.25) is 4.47 Å². The van der Waals surface area contributed by atoms with Gasteiger partial charge >= 0.3 is 0 Å². The molecule has 1 unspecified atom stereocenters. The van der Waals surface area contributed by atoms with E-state index in [9.17, 15) is 8.42 Å². The highest BCUT2D eigenvalue weighted by Gasteiger charge is 2.40. The lowest BCUT2D eigenvalue weighted by molar-refractivity contribution is 0.226. The molecule has 0 amide bonds. The molecule has 0 spiro atoms. The highest BCUT2D eigenvalue weighted by Crippen LogP contribution is 2.38. The quantitative estimate of drug-likeness (QED) is 0.849. The van der Waals surface area contributed by atoms with E-state index in [0.29, 0.717) is 12.5 Å². The van der Waals surface area contributed by atoms with Crippen molar-refractivity contribution in [1.82, 2.24) is 9.29 Å². The van der Waals surface area contributed by atoms with E-state index in [4.69, 9.17) is 11.6 Å². The summed E-state index contributed by atoms with van der Waals surface area (Å²) in [6.45, 7) is 0.638. The van der Waals surface area contributed by atoms with Crippen LogP contribution in [0.15, 0.2) is 10.4 Å². The molecule has 1 saturated heterocycles. The minimum absolute atomic E-state index is 0.182. The second-order valence-corrected chi connectivity index (χ2v) is 9.39. The largest absolute Gasteiger partial charge is 0.254 e. The molecule has 2 aliphatic rings. The van der Waals surface area contributed by atoms with E-state index in [1.54, 1.807) is 4.31 Å². The lowest BCUT2D eigenvalue weighted by Gasteiger charge is -2.33. The summed E-state index contributed by atoms with van der Waals surface area (Å²) in [6.07, 6.45) is 9.45. The number of hydrogen-bond donors (Lipinski definition) is 0. The summed E-state index contributed by atoms with van der Waals surface area (Å²) in [5, 5.41) is 0. The molecule has 2 fully saturated rings. The Balaban J connectivity index is 1.84. The summed E-state index contributed by atoms with van der Waals surface area (Å²) in [5.74, 6) is 0.532. The van der Waals surface area contributed by atoms with Crippen LogP contribution in [0.3, 0.4) is 0 Å². The van der Waals surface area contributed by atoms with Gasteiger partial charge in [-0.2, -0.15) is 4.31 Å². The van der Waals surface area contributed by atoms with Gasteiger partial charge in [-0.05, 0) is 31.6 Å². The fourth-order valence-corrected chi connectivity index (χ4v) is 6.71. The average Bonchev–Trinajstić information content (AvgIpc) is 3.08. The summed E-state index contributed by atoms with van der Waals surface area (Å²) in [5.41, 5.74) is 0. The van der Waals surface area contributed by atoms with Gasteiger partial charge in [-0.3, -0.25) is 0 Å². The third-order valence-corrected chi connectivity index (χ3v) is 7.94. The van der Waals surface area contributed by atoms with Gasteiger partial charge in [0.1, 0.15) is 0 Å². The monoisotopic (exact) mass is 334 g/mol. The summed E-state index contributed by atoms with van der Waals surface area (Å²) < 4.78 is 27.8. The van der Waals surface area contributed by atoms with Gasteiger partial charge in [0.25, 0.3) is 10.0 Å². The normalized spacial score (nSPS) is 26.1. The molecule has 1 atom stereocenters. The molecular formula is C13H19ClN2O2S2. The van der Waals surface area contributed by atoms with E-state index in [1.165, 1.54) is 38.3 Å². The third-order valence-electron chi connectivity index (χ3n) is 4.46. The van der Waals surface area contributed by atoms with Crippen LogP contribution in [0.4, 0.5) is 0 Å². The first-order valence-electron chi connectivity index (χ1n) is 7.22. The van der Waals surface area contributed by atoms with Gasteiger partial charge in [-0.25, -0.2) is 13.4 Å². The van der Waals surface area contributed by atoms with Crippen LogP contribution in [0.25, 0.3) is 0 Å². The molecule has 112 valence electrons. The SMILES string of the molecule is O=S(=O)(c1cnc(Cl)s1)N1CCCC1C1CCCCC1. The van der Waals surface area contributed by atoms with E-state index in [0.717, 1.165) is 24.2 Å². The van der Waals surface area contributed by atoms with E-state index < -0.39 is 10.0 Å². The predicted molar refractivity (Wildman–Crippen MR) is 80.6 cm³/mol. The fraction of sp³-hybridized carbons (Fsp3) is 0.769. The summed E-state index contributed by atoms with van der Waals surface area (Å²) in [4.78, 5) is 3.87. The molecule has 20 heavy (non-hydrogen) atoms. The molecule has 1 aliphatic heterocycles. The van der Waals surface area contributed by atoms with Crippen LogP contribution in [0.5, 0.6) is 0 Å². The van der Waals surface area contributed by atoms with Crippen molar-refractivity contribution in [3.05, 3.63) is 10.7 Å². The molecule has 0 N–H and O–H groups in total. The molecule has 0 radical (unpaired) electrons. The molecule has 0 aromatic carbocycles. The van der Waals surface area contributed by atoms with Crippen molar-refractivity contribution in [3.8, 4) is 0 Å². The Bertz CT molecular complexity index is 567. The number of aromatic nitrogens is 1. The van der Waals surface area contributed by atoms with Crippen LogP contribution < -0.4 is 0 Å². The Morgan fingerprint density at radius 1 is 1.20 bits per heavy atom. The first-order chi connectivity index (χ1) is 9.59. The van der Waals surface area contributed by atoms with Gasteiger partial charge in [-0.1, -0.05) is 42.2 Å². The van der Waals surface area contributed by atoms with E-state index >= 15 is 0 Å². The molecule has 7 heteroatoms. The number of rotatable bonds is 3. The van der Waals surface area contributed by atoms with Gasteiger partial charge < -0.3 is 0 Å². The number of nitrogens with zero attached hydrogens (tertiary/aromatic N) is 2. The van der Waals surface area contributed by atoms with Crippen molar-refractivity contribution in [3.63, 3.8) is 0 Å². The Morgan fingerprint density at radius 2 is 1.95 bits per heavy atom. The van der Waals surface area contributed by atoms with E-state index in [1.807, 2.05) is 0 Å². The number of hydrogen-bond acceptors (Lipinski definition) is 4. The smallest absolute Gasteiger partial charge is 0.232 e. The number of halogens is 1. The zero-order valence-corrected chi connectivity index (χ0v) is 13.7. The van der Waals surface area contributed by atoms with Crippen LogP contribution in [0.1, 0.15) is 44.9 Å². The van der Waals surface area contributed by atoms with Crippen molar-refractivity contribution >= 4 is 33.0 Å². The second-order valence-electron chi connectivity index (χ2n) is 5.66. The summed E-state index contributed by atoms with van der Waals surface area (Å²) >= 11 is 6.84. The molecule has 1 aromatic heterocycles. The van der Waals surface area contributed by atoms with E-state index in [2.05, 4.69) is 4.98 Å². The van der Waals surface area contributed by atoms with Gasteiger partial charge in [0.2, 0.25) is 0 Å². The van der Waals surface area contributed by atoms with Gasteiger partial charge in [0.15, 0.2) is 8.68 Å². The minimum atomic E-state index is -3.41.